The van der Waals surface area contributed by atoms with Crippen molar-refractivity contribution in [1.82, 2.24) is 4.98 Å². The first-order valence-electron chi connectivity index (χ1n) is 8.20. The van der Waals surface area contributed by atoms with Crippen molar-refractivity contribution in [1.29, 1.82) is 0 Å². The summed E-state index contributed by atoms with van der Waals surface area (Å²) in [6, 6.07) is 2.77. The van der Waals surface area contributed by atoms with E-state index in [1.807, 2.05) is 0 Å². The molecule has 0 fully saturated rings. The summed E-state index contributed by atoms with van der Waals surface area (Å²) in [5.74, 6) is -5.24. The van der Waals surface area contributed by atoms with Gasteiger partial charge in [-0.25, -0.2) is 12.8 Å². The molecule has 29 heavy (non-hydrogen) atoms. The minimum atomic E-state index is -5.73. The molecule has 0 bridgehead atoms. The summed E-state index contributed by atoms with van der Waals surface area (Å²) in [7, 11) is -3.63. The zero-order valence-corrected chi connectivity index (χ0v) is 15.8. The second kappa shape index (κ2) is 8.56. The Labute approximate surface area is 162 Å². The highest BCUT2D eigenvalue weighted by Gasteiger charge is 2.57. The fraction of sp³-hybridized carbons (Fsp3) is 0.412. The monoisotopic (exact) mass is 442 g/mol. The summed E-state index contributed by atoms with van der Waals surface area (Å²) in [5, 5.41) is 0. The Morgan fingerprint density at radius 1 is 1.21 bits per heavy atom. The number of hydrogen-bond acceptors (Lipinski definition) is 5. The maximum Gasteiger partial charge on any atom is 0.425 e. The summed E-state index contributed by atoms with van der Waals surface area (Å²) in [5.41, 5.74) is 0.143. The number of sulfone groups is 1. The maximum atomic E-state index is 13.4. The number of rotatable bonds is 7. The van der Waals surface area contributed by atoms with Gasteiger partial charge in [0.1, 0.15) is 11.5 Å². The lowest BCUT2D eigenvalue weighted by atomic mass is 10.2. The van der Waals surface area contributed by atoms with Crippen LogP contribution in [0.3, 0.4) is 0 Å². The molecule has 1 aliphatic rings. The van der Waals surface area contributed by atoms with Gasteiger partial charge >= 0.3 is 12.1 Å². The summed E-state index contributed by atoms with van der Waals surface area (Å²) in [4.78, 5) is 8.00. The first-order chi connectivity index (χ1) is 13.4. The highest BCUT2D eigenvalue weighted by atomic mass is 32.2. The summed E-state index contributed by atoms with van der Waals surface area (Å²) in [6.07, 6.45) is -5.24. The molecule has 160 valence electrons. The second-order valence-corrected chi connectivity index (χ2v) is 8.12. The zero-order chi connectivity index (χ0) is 21.9. The van der Waals surface area contributed by atoms with Crippen LogP contribution in [0.1, 0.15) is 12.6 Å². The van der Waals surface area contributed by atoms with Crippen LogP contribution in [0.15, 0.2) is 52.2 Å². The molecule has 0 aliphatic carbocycles. The van der Waals surface area contributed by atoms with Crippen LogP contribution in [0.25, 0.3) is 0 Å². The Bertz CT molecular complexity index is 939. The van der Waals surface area contributed by atoms with Gasteiger partial charge in [0.25, 0.3) is 6.17 Å². The molecule has 2 rings (SSSR count). The van der Waals surface area contributed by atoms with Crippen molar-refractivity contribution < 1.29 is 39.5 Å². The summed E-state index contributed by atoms with van der Waals surface area (Å²) >= 11 is 0. The molecule has 0 amide bonds. The summed E-state index contributed by atoms with van der Waals surface area (Å²) < 4.78 is 105. The normalized spacial score (nSPS) is 16.7. The molecule has 0 aromatic carbocycles. The quantitative estimate of drug-likeness (QED) is 0.605. The summed E-state index contributed by atoms with van der Waals surface area (Å²) in [6.45, 7) is -0.536. The lowest BCUT2D eigenvalue weighted by Crippen LogP contribution is -2.44. The molecule has 0 saturated carbocycles. The molecule has 0 saturated heterocycles. The number of allylic oxidation sites excluding steroid dienone is 2. The highest BCUT2D eigenvalue weighted by Crippen LogP contribution is 2.35. The predicted octanol–water partition coefficient (Wildman–Crippen LogP) is 3.67. The largest absolute Gasteiger partial charge is 0.487 e. The van der Waals surface area contributed by atoms with Gasteiger partial charge in [0.2, 0.25) is 0 Å². The van der Waals surface area contributed by atoms with E-state index in [0.717, 1.165) is 6.08 Å². The topological polar surface area (TPSA) is 68.6 Å². The van der Waals surface area contributed by atoms with Crippen molar-refractivity contribution in [3.05, 3.63) is 48.0 Å². The van der Waals surface area contributed by atoms with Crippen LogP contribution in [0.4, 0.5) is 26.3 Å². The predicted molar refractivity (Wildman–Crippen MR) is 92.4 cm³/mol. The molecule has 1 atom stereocenters. The Hall–Kier alpha value is -2.37. The minimum absolute atomic E-state index is 0.0338. The average molecular weight is 442 g/mol. The SMILES string of the molecule is CCS(=O)(=O)c1cccnc1C1=NCC=C(OCC(F)(F)C(F)C(F)(F)F)C=C1. The molecule has 0 N–H and O–H groups in total. The van der Waals surface area contributed by atoms with Gasteiger partial charge in [-0.2, -0.15) is 22.0 Å². The van der Waals surface area contributed by atoms with Crippen LogP contribution in [-0.4, -0.2) is 56.3 Å². The van der Waals surface area contributed by atoms with Crippen molar-refractivity contribution in [2.45, 2.75) is 30.1 Å². The zero-order valence-electron chi connectivity index (χ0n) is 15.0. The fourth-order valence-corrected chi connectivity index (χ4v) is 3.31. The van der Waals surface area contributed by atoms with E-state index in [1.54, 1.807) is 0 Å². The smallest absolute Gasteiger partial charge is 0.425 e. The molecular weight excluding hydrogens is 426 g/mol. The van der Waals surface area contributed by atoms with Crippen LogP contribution in [0.5, 0.6) is 0 Å². The van der Waals surface area contributed by atoms with E-state index in [1.165, 1.54) is 37.4 Å². The fourth-order valence-electron chi connectivity index (χ4n) is 2.26. The first-order valence-corrected chi connectivity index (χ1v) is 9.86. The lowest BCUT2D eigenvalue weighted by molar-refractivity contribution is -0.252. The van der Waals surface area contributed by atoms with Gasteiger partial charge in [-0.1, -0.05) is 6.92 Å². The number of pyridine rings is 1. The minimum Gasteiger partial charge on any atom is -0.487 e. The standard InChI is InChI=1S/C17H16F6N2O3S/c1-2-29(26,27)13-4-3-8-25-14(13)12-6-5-11(7-9-24-12)28-10-16(19,20)15(18)17(21,22)23/h3-8,15H,2,9-10H2,1H3. The molecule has 2 heterocycles. The number of hydrogen-bond donors (Lipinski definition) is 0. The molecule has 5 nitrogen and oxygen atoms in total. The van der Waals surface area contributed by atoms with Crippen molar-refractivity contribution in [3.8, 4) is 0 Å². The highest BCUT2D eigenvalue weighted by molar-refractivity contribution is 7.91. The Morgan fingerprint density at radius 3 is 2.52 bits per heavy atom. The van der Waals surface area contributed by atoms with E-state index < -0.39 is 34.7 Å². The molecular formula is C17H16F6N2O3S. The molecule has 0 spiro atoms. The van der Waals surface area contributed by atoms with Gasteiger partial charge in [-0.05, 0) is 30.4 Å². The van der Waals surface area contributed by atoms with Crippen LogP contribution in [0.2, 0.25) is 0 Å². The third kappa shape index (κ3) is 5.58. The van der Waals surface area contributed by atoms with Crippen molar-refractivity contribution in [3.63, 3.8) is 0 Å². The van der Waals surface area contributed by atoms with Gasteiger partial charge in [0.15, 0.2) is 16.4 Å². The van der Waals surface area contributed by atoms with Crippen LogP contribution in [0, 0.1) is 0 Å². The Balaban J connectivity index is 2.17. The van der Waals surface area contributed by atoms with E-state index in [2.05, 4.69) is 14.7 Å². The number of aromatic nitrogens is 1. The first kappa shape index (κ1) is 22.9. The third-order valence-electron chi connectivity index (χ3n) is 3.78. The van der Waals surface area contributed by atoms with E-state index >= 15 is 0 Å². The Kier molecular flexibility index (Phi) is 6.76. The molecule has 1 unspecified atom stereocenters. The number of nitrogens with zero attached hydrogens (tertiary/aromatic N) is 2. The maximum absolute atomic E-state index is 13.4. The molecule has 1 aliphatic heterocycles. The van der Waals surface area contributed by atoms with Crippen molar-refractivity contribution in [2.24, 2.45) is 4.99 Å². The van der Waals surface area contributed by atoms with Gasteiger partial charge in [0, 0.05) is 6.20 Å². The third-order valence-corrected chi connectivity index (χ3v) is 5.54. The Morgan fingerprint density at radius 2 is 1.90 bits per heavy atom. The van der Waals surface area contributed by atoms with Crippen LogP contribution < -0.4 is 0 Å². The number of ether oxygens (including phenoxy) is 1. The van der Waals surface area contributed by atoms with E-state index in [9.17, 15) is 34.8 Å². The van der Waals surface area contributed by atoms with Crippen LogP contribution >= 0.6 is 0 Å². The number of aliphatic imine (C=N–C) groups is 1. The number of halogens is 6. The van der Waals surface area contributed by atoms with E-state index in [4.69, 9.17) is 0 Å². The molecule has 12 heteroatoms. The average Bonchev–Trinajstić information content (AvgIpc) is 2.91. The van der Waals surface area contributed by atoms with Gasteiger partial charge in [-0.15, -0.1) is 0 Å². The van der Waals surface area contributed by atoms with Gasteiger partial charge in [-0.3, -0.25) is 9.98 Å². The van der Waals surface area contributed by atoms with Crippen LogP contribution in [-0.2, 0) is 14.6 Å². The number of alkyl halides is 6. The molecule has 1 aromatic heterocycles. The van der Waals surface area contributed by atoms with Gasteiger partial charge in [0.05, 0.1) is 22.9 Å². The van der Waals surface area contributed by atoms with Crippen molar-refractivity contribution in [2.75, 3.05) is 18.9 Å². The molecule has 0 radical (unpaired) electrons. The lowest BCUT2D eigenvalue weighted by Gasteiger charge is -2.22. The van der Waals surface area contributed by atoms with E-state index in [-0.39, 0.29) is 34.4 Å². The van der Waals surface area contributed by atoms with Crippen molar-refractivity contribution >= 4 is 15.5 Å². The second-order valence-electron chi connectivity index (χ2n) is 5.87. The van der Waals surface area contributed by atoms with E-state index in [0.29, 0.717) is 0 Å². The van der Waals surface area contributed by atoms with Gasteiger partial charge < -0.3 is 4.74 Å². The molecule has 1 aromatic rings.